The Kier molecular flexibility index (Phi) is 5.57. The standard InChI is InChI=1S/C14H18BrN5OS/c1-14(2,3)16-12(21)8-9-22-13-17-18-19-20(13)11-6-4-10(15)5-7-11/h4-7H,8-9H2,1-3H3,(H,16,21). The summed E-state index contributed by atoms with van der Waals surface area (Å²) in [6, 6.07) is 7.72. The van der Waals surface area contributed by atoms with Gasteiger partial charge < -0.3 is 5.32 Å². The number of nitrogens with zero attached hydrogens (tertiary/aromatic N) is 4. The normalized spacial score (nSPS) is 11.5. The Morgan fingerprint density at radius 3 is 2.64 bits per heavy atom. The number of nitrogens with one attached hydrogen (secondary N) is 1. The molecule has 1 heterocycles. The third-order valence-corrected chi connectivity index (χ3v) is 4.04. The fourth-order valence-corrected chi connectivity index (χ4v) is 2.82. The van der Waals surface area contributed by atoms with Gasteiger partial charge in [-0.25, -0.2) is 0 Å². The van der Waals surface area contributed by atoms with E-state index in [2.05, 4.69) is 36.8 Å². The third-order valence-electron chi connectivity index (χ3n) is 2.59. The van der Waals surface area contributed by atoms with Gasteiger partial charge in [-0.1, -0.05) is 27.7 Å². The van der Waals surface area contributed by atoms with E-state index >= 15 is 0 Å². The zero-order chi connectivity index (χ0) is 16.2. The second-order valence-electron chi connectivity index (χ2n) is 5.75. The number of amides is 1. The van der Waals surface area contributed by atoms with Gasteiger partial charge in [-0.2, -0.15) is 4.68 Å². The molecule has 0 atom stereocenters. The summed E-state index contributed by atoms with van der Waals surface area (Å²) in [5, 5.41) is 15.3. The number of carbonyl (C=O) groups is 1. The third kappa shape index (κ3) is 5.10. The molecule has 8 heteroatoms. The Morgan fingerprint density at radius 1 is 1.32 bits per heavy atom. The number of thioether (sulfide) groups is 1. The van der Waals surface area contributed by atoms with Crippen LogP contribution in [0, 0.1) is 0 Å². The molecule has 118 valence electrons. The van der Waals surface area contributed by atoms with Gasteiger partial charge in [0, 0.05) is 22.2 Å². The Bertz CT molecular complexity index is 635. The van der Waals surface area contributed by atoms with E-state index in [0.29, 0.717) is 17.3 Å². The summed E-state index contributed by atoms with van der Waals surface area (Å²) >= 11 is 4.86. The average molecular weight is 384 g/mol. The highest BCUT2D eigenvalue weighted by Gasteiger charge is 2.14. The number of tetrazole rings is 1. The molecule has 2 aromatic rings. The van der Waals surface area contributed by atoms with Gasteiger partial charge in [0.15, 0.2) is 0 Å². The molecule has 0 fully saturated rings. The second kappa shape index (κ2) is 7.23. The van der Waals surface area contributed by atoms with E-state index < -0.39 is 0 Å². The van der Waals surface area contributed by atoms with E-state index in [1.165, 1.54) is 11.8 Å². The molecule has 2 rings (SSSR count). The fraction of sp³-hybridized carbons (Fsp3) is 0.429. The van der Waals surface area contributed by atoms with E-state index in [-0.39, 0.29) is 11.4 Å². The number of hydrogen-bond donors (Lipinski definition) is 1. The first-order valence-corrected chi connectivity index (χ1v) is 8.61. The minimum Gasteiger partial charge on any atom is -0.351 e. The van der Waals surface area contributed by atoms with Gasteiger partial charge in [0.25, 0.3) is 0 Å². The SMILES string of the molecule is CC(C)(C)NC(=O)CCSc1nnnn1-c1ccc(Br)cc1. The van der Waals surface area contributed by atoms with E-state index in [0.717, 1.165) is 10.2 Å². The van der Waals surface area contributed by atoms with Crippen molar-refractivity contribution < 1.29 is 4.79 Å². The van der Waals surface area contributed by atoms with E-state index in [4.69, 9.17) is 0 Å². The zero-order valence-electron chi connectivity index (χ0n) is 12.7. The van der Waals surface area contributed by atoms with Gasteiger partial charge in [0.05, 0.1) is 5.69 Å². The Hall–Kier alpha value is -1.41. The molecular weight excluding hydrogens is 366 g/mol. The lowest BCUT2D eigenvalue weighted by molar-refractivity contribution is -0.122. The Morgan fingerprint density at radius 2 is 2.00 bits per heavy atom. The van der Waals surface area contributed by atoms with Crippen molar-refractivity contribution in [2.75, 3.05) is 5.75 Å². The molecule has 0 saturated carbocycles. The maximum absolute atomic E-state index is 11.8. The molecule has 1 N–H and O–H groups in total. The van der Waals surface area contributed by atoms with Crippen LogP contribution >= 0.6 is 27.7 Å². The molecule has 22 heavy (non-hydrogen) atoms. The quantitative estimate of drug-likeness (QED) is 0.803. The highest BCUT2D eigenvalue weighted by molar-refractivity contribution is 9.10. The van der Waals surface area contributed by atoms with Gasteiger partial charge in [-0.15, -0.1) is 5.10 Å². The number of hydrogen-bond acceptors (Lipinski definition) is 5. The largest absolute Gasteiger partial charge is 0.351 e. The lowest BCUT2D eigenvalue weighted by atomic mass is 10.1. The van der Waals surface area contributed by atoms with Crippen LogP contribution in [-0.4, -0.2) is 37.4 Å². The average Bonchev–Trinajstić information content (AvgIpc) is 2.86. The number of rotatable bonds is 5. The summed E-state index contributed by atoms with van der Waals surface area (Å²) in [5.41, 5.74) is 0.677. The van der Waals surface area contributed by atoms with Crippen molar-refractivity contribution in [2.24, 2.45) is 0 Å². The maximum atomic E-state index is 11.8. The molecule has 0 aliphatic rings. The molecule has 0 radical (unpaired) electrons. The van der Waals surface area contributed by atoms with Crippen LogP contribution in [0.15, 0.2) is 33.9 Å². The lowest BCUT2D eigenvalue weighted by Gasteiger charge is -2.20. The van der Waals surface area contributed by atoms with E-state index in [1.807, 2.05) is 45.0 Å². The first kappa shape index (κ1) is 17.0. The molecule has 0 saturated heterocycles. The van der Waals surface area contributed by atoms with Crippen molar-refractivity contribution in [3.8, 4) is 5.69 Å². The van der Waals surface area contributed by atoms with Gasteiger partial charge in [-0.3, -0.25) is 4.79 Å². The molecule has 0 aliphatic carbocycles. The Balaban J connectivity index is 1.93. The minimum atomic E-state index is -0.208. The predicted molar refractivity (Wildman–Crippen MR) is 90.1 cm³/mol. The molecule has 1 aromatic heterocycles. The van der Waals surface area contributed by atoms with Crippen molar-refractivity contribution in [3.63, 3.8) is 0 Å². The van der Waals surface area contributed by atoms with Crippen LogP contribution in [0.5, 0.6) is 0 Å². The summed E-state index contributed by atoms with van der Waals surface area (Å²) in [6.45, 7) is 5.89. The van der Waals surface area contributed by atoms with E-state index in [1.54, 1.807) is 4.68 Å². The van der Waals surface area contributed by atoms with Crippen molar-refractivity contribution in [1.82, 2.24) is 25.5 Å². The van der Waals surface area contributed by atoms with Crippen molar-refractivity contribution in [3.05, 3.63) is 28.7 Å². The summed E-state index contributed by atoms with van der Waals surface area (Å²) in [5.74, 6) is 0.654. The highest BCUT2D eigenvalue weighted by Crippen LogP contribution is 2.20. The van der Waals surface area contributed by atoms with Crippen molar-refractivity contribution in [2.45, 2.75) is 37.9 Å². The van der Waals surface area contributed by atoms with Crippen molar-refractivity contribution >= 4 is 33.6 Å². The molecule has 1 amide bonds. The smallest absolute Gasteiger partial charge is 0.221 e. The number of halogens is 1. The first-order chi connectivity index (χ1) is 10.3. The minimum absolute atomic E-state index is 0.0302. The first-order valence-electron chi connectivity index (χ1n) is 6.83. The topological polar surface area (TPSA) is 72.7 Å². The monoisotopic (exact) mass is 383 g/mol. The molecule has 0 aliphatic heterocycles. The predicted octanol–water partition coefficient (Wildman–Crippen LogP) is 2.82. The van der Waals surface area contributed by atoms with Crippen LogP contribution in [0.3, 0.4) is 0 Å². The molecule has 0 bridgehead atoms. The molecule has 0 unspecified atom stereocenters. The fourth-order valence-electron chi connectivity index (χ4n) is 1.73. The van der Waals surface area contributed by atoms with Crippen molar-refractivity contribution in [1.29, 1.82) is 0 Å². The van der Waals surface area contributed by atoms with E-state index in [9.17, 15) is 4.79 Å². The number of carbonyl (C=O) groups excluding carboxylic acids is 1. The summed E-state index contributed by atoms with van der Waals surface area (Å²) < 4.78 is 2.66. The maximum Gasteiger partial charge on any atom is 0.221 e. The number of aromatic nitrogens is 4. The highest BCUT2D eigenvalue weighted by atomic mass is 79.9. The molecule has 0 spiro atoms. The van der Waals surface area contributed by atoms with Gasteiger partial charge in [0.2, 0.25) is 11.1 Å². The summed E-state index contributed by atoms with van der Waals surface area (Å²) in [7, 11) is 0. The van der Waals surface area contributed by atoms with Crippen LogP contribution in [-0.2, 0) is 4.79 Å². The van der Waals surface area contributed by atoms with Gasteiger partial charge in [0.1, 0.15) is 0 Å². The van der Waals surface area contributed by atoms with Crippen LogP contribution in [0.1, 0.15) is 27.2 Å². The van der Waals surface area contributed by atoms with Gasteiger partial charge in [-0.05, 0) is 55.5 Å². The lowest BCUT2D eigenvalue weighted by Crippen LogP contribution is -2.40. The summed E-state index contributed by atoms with van der Waals surface area (Å²) in [4.78, 5) is 11.8. The summed E-state index contributed by atoms with van der Waals surface area (Å²) in [6.07, 6.45) is 0.426. The van der Waals surface area contributed by atoms with Crippen LogP contribution in [0.2, 0.25) is 0 Å². The molecular formula is C14H18BrN5OS. The molecule has 6 nitrogen and oxygen atoms in total. The van der Waals surface area contributed by atoms with Crippen LogP contribution in [0.4, 0.5) is 0 Å². The molecule has 1 aromatic carbocycles. The van der Waals surface area contributed by atoms with Crippen LogP contribution < -0.4 is 5.32 Å². The van der Waals surface area contributed by atoms with Gasteiger partial charge >= 0.3 is 0 Å². The Labute approximate surface area is 142 Å². The second-order valence-corrected chi connectivity index (χ2v) is 7.72. The number of benzene rings is 1. The van der Waals surface area contributed by atoms with Crippen LogP contribution in [0.25, 0.3) is 5.69 Å². The zero-order valence-corrected chi connectivity index (χ0v) is 15.1.